The Balaban J connectivity index is 2.11. The summed E-state index contributed by atoms with van der Waals surface area (Å²) in [6, 6.07) is 2.23. The van der Waals surface area contributed by atoms with Gasteiger partial charge in [-0.15, -0.1) is 0 Å². The maximum Gasteiger partial charge on any atom is 0.274 e. The molecule has 0 radical (unpaired) electrons. The van der Waals surface area contributed by atoms with Crippen molar-refractivity contribution in [1.82, 2.24) is 15.1 Å². The zero-order valence-corrected chi connectivity index (χ0v) is 7.87. The van der Waals surface area contributed by atoms with Gasteiger partial charge in [0.05, 0.1) is 0 Å². The van der Waals surface area contributed by atoms with Gasteiger partial charge in [0.1, 0.15) is 5.69 Å². The average Bonchev–Trinajstić information content (AvgIpc) is 2.87. The molecule has 1 fully saturated rings. The molecule has 1 aromatic rings. The summed E-state index contributed by atoms with van der Waals surface area (Å²) in [5, 5.41) is 6.70. The number of carbonyl (C=O) groups is 1. The Morgan fingerprint density at radius 1 is 1.69 bits per heavy atom. The maximum absolute atomic E-state index is 11.7. The smallest absolute Gasteiger partial charge is 0.274 e. The Morgan fingerprint density at radius 2 is 2.38 bits per heavy atom. The van der Waals surface area contributed by atoms with Crippen LogP contribution in [0.15, 0.2) is 6.07 Å². The fourth-order valence-corrected chi connectivity index (χ4v) is 1.34. The summed E-state index contributed by atoms with van der Waals surface area (Å²) in [5.41, 5.74) is 1.44. The average molecular weight is 179 g/mol. The molecule has 0 bridgehead atoms. The highest BCUT2D eigenvalue weighted by molar-refractivity contribution is 5.92. The Labute approximate surface area is 76.9 Å². The summed E-state index contributed by atoms with van der Waals surface area (Å²) in [4.78, 5) is 13.5. The Kier molecular flexibility index (Phi) is 1.83. The fourth-order valence-electron chi connectivity index (χ4n) is 1.34. The first kappa shape index (κ1) is 8.29. The van der Waals surface area contributed by atoms with E-state index in [1.54, 1.807) is 11.0 Å². The summed E-state index contributed by atoms with van der Waals surface area (Å²) < 4.78 is 0. The van der Waals surface area contributed by atoms with Crippen LogP contribution in [-0.4, -0.2) is 34.1 Å². The lowest BCUT2D eigenvalue weighted by Gasteiger charge is -2.13. The predicted molar refractivity (Wildman–Crippen MR) is 48.4 cm³/mol. The van der Waals surface area contributed by atoms with E-state index in [0.29, 0.717) is 11.7 Å². The van der Waals surface area contributed by atoms with Crippen LogP contribution in [0.2, 0.25) is 0 Å². The molecule has 0 atom stereocenters. The van der Waals surface area contributed by atoms with Crippen molar-refractivity contribution in [3.05, 3.63) is 17.5 Å². The summed E-state index contributed by atoms with van der Waals surface area (Å²) >= 11 is 0. The number of nitrogens with zero attached hydrogens (tertiary/aromatic N) is 2. The van der Waals surface area contributed by atoms with Crippen molar-refractivity contribution in [2.75, 3.05) is 7.05 Å². The molecule has 1 aromatic heterocycles. The molecular formula is C9H13N3O. The molecule has 1 amide bonds. The molecule has 70 valence electrons. The van der Waals surface area contributed by atoms with Gasteiger partial charge in [-0.3, -0.25) is 9.89 Å². The van der Waals surface area contributed by atoms with E-state index in [1.165, 1.54) is 0 Å². The van der Waals surface area contributed by atoms with E-state index in [-0.39, 0.29) is 5.91 Å². The largest absolute Gasteiger partial charge is 0.337 e. The van der Waals surface area contributed by atoms with Gasteiger partial charge in [-0.1, -0.05) is 0 Å². The second kappa shape index (κ2) is 2.87. The molecule has 1 heterocycles. The fraction of sp³-hybridized carbons (Fsp3) is 0.556. The van der Waals surface area contributed by atoms with Gasteiger partial charge >= 0.3 is 0 Å². The van der Waals surface area contributed by atoms with Crippen LogP contribution in [0.1, 0.15) is 29.0 Å². The molecule has 0 aromatic carbocycles. The zero-order valence-electron chi connectivity index (χ0n) is 7.87. The van der Waals surface area contributed by atoms with Crippen LogP contribution >= 0.6 is 0 Å². The van der Waals surface area contributed by atoms with Crippen molar-refractivity contribution in [2.45, 2.75) is 25.8 Å². The number of aromatic amines is 1. The van der Waals surface area contributed by atoms with Crippen LogP contribution < -0.4 is 0 Å². The van der Waals surface area contributed by atoms with E-state index >= 15 is 0 Å². The molecule has 0 saturated heterocycles. The Morgan fingerprint density at radius 3 is 2.85 bits per heavy atom. The third kappa shape index (κ3) is 1.56. The van der Waals surface area contributed by atoms with Gasteiger partial charge in [-0.25, -0.2) is 0 Å². The monoisotopic (exact) mass is 179 g/mol. The number of hydrogen-bond donors (Lipinski definition) is 1. The van der Waals surface area contributed by atoms with Crippen molar-refractivity contribution in [3.8, 4) is 0 Å². The normalized spacial score (nSPS) is 15.8. The molecule has 1 aliphatic carbocycles. The van der Waals surface area contributed by atoms with Crippen molar-refractivity contribution >= 4 is 5.91 Å². The number of amides is 1. The minimum absolute atomic E-state index is 0.0202. The van der Waals surface area contributed by atoms with Crippen molar-refractivity contribution in [2.24, 2.45) is 0 Å². The molecule has 2 rings (SSSR count). The summed E-state index contributed by atoms with van der Waals surface area (Å²) in [6.07, 6.45) is 2.26. The van der Waals surface area contributed by atoms with Gasteiger partial charge in [0.2, 0.25) is 0 Å². The third-order valence-corrected chi connectivity index (χ3v) is 2.34. The van der Waals surface area contributed by atoms with E-state index in [9.17, 15) is 4.79 Å². The van der Waals surface area contributed by atoms with E-state index < -0.39 is 0 Å². The molecule has 1 saturated carbocycles. The quantitative estimate of drug-likeness (QED) is 0.734. The van der Waals surface area contributed by atoms with E-state index in [2.05, 4.69) is 10.2 Å². The molecule has 13 heavy (non-hydrogen) atoms. The van der Waals surface area contributed by atoms with Crippen LogP contribution in [0.3, 0.4) is 0 Å². The number of rotatable bonds is 2. The van der Waals surface area contributed by atoms with E-state index in [1.807, 2.05) is 14.0 Å². The molecule has 4 nitrogen and oxygen atoms in total. The topological polar surface area (TPSA) is 49.0 Å². The van der Waals surface area contributed by atoms with Crippen LogP contribution in [0.5, 0.6) is 0 Å². The molecule has 4 heteroatoms. The first-order chi connectivity index (χ1) is 6.18. The summed E-state index contributed by atoms with van der Waals surface area (Å²) in [5.74, 6) is 0.0202. The lowest BCUT2D eigenvalue weighted by Crippen LogP contribution is -2.28. The van der Waals surface area contributed by atoms with Gasteiger partial charge in [-0.05, 0) is 25.8 Å². The van der Waals surface area contributed by atoms with Crippen molar-refractivity contribution in [1.29, 1.82) is 0 Å². The molecule has 1 N–H and O–H groups in total. The van der Waals surface area contributed by atoms with Crippen molar-refractivity contribution < 1.29 is 4.79 Å². The summed E-state index contributed by atoms with van der Waals surface area (Å²) in [7, 11) is 1.84. The lowest BCUT2D eigenvalue weighted by atomic mass is 10.3. The Hall–Kier alpha value is -1.32. The minimum atomic E-state index is 0.0202. The van der Waals surface area contributed by atoms with Crippen molar-refractivity contribution in [3.63, 3.8) is 0 Å². The maximum atomic E-state index is 11.7. The van der Waals surface area contributed by atoms with Gasteiger partial charge < -0.3 is 4.90 Å². The van der Waals surface area contributed by atoms with Gasteiger partial charge in [0.25, 0.3) is 5.91 Å². The molecule has 1 aliphatic rings. The van der Waals surface area contributed by atoms with Gasteiger partial charge in [0.15, 0.2) is 0 Å². The van der Waals surface area contributed by atoms with E-state index in [0.717, 1.165) is 18.5 Å². The number of nitrogens with one attached hydrogen (secondary N) is 1. The van der Waals surface area contributed by atoms with Crippen LogP contribution in [0.4, 0.5) is 0 Å². The number of hydrogen-bond acceptors (Lipinski definition) is 2. The lowest BCUT2D eigenvalue weighted by molar-refractivity contribution is 0.0779. The van der Waals surface area contributed by atoms with Crippen LogP contribution in [-0.2, 0) is 0 Å². The Bertz CT molecular complexity index is 327. The predicted octanol–water partition coefficient (Wildman–Crippen LogP) is 0.953. The molecular weight excluding hydrogens is 166 g/mol. The second-order valence-electron chi connectivity index (χ2n) is 3.58. The number of aromatic nitrogens is 2. The highest BCUT2D eigenvalue weighted by Crippen LogP contribution is 2.26. The molecule has 0 aliphatic heterocycles. The van der Waals surface area contributed by atoms with Crippen LogP contribution in [0, 0.1) is 6.92 Å². The highest BCUT2D eigenvalue weighted by atomic mass is 16.2. The number of H-pyrrole nitrogens is 1. The second-order valence-corrected chi connectivity index (χ2v) is 3.58. The number of aryl methyl sites for hydroxylation is 1. The SMILES string of the molecule is Cc1cc(C(=O)N(C)C2CC2)n[nH]1. The number of carbonyl (C=O) groups excluding carboxylic acids is 1. The summed E-state index contributed by atoms with van der Waals surface area (Å²) in [6.45, 7) is 1.89. The third-order valence-electron chi connectivity index (χ3n) is 2.34. The minimum Gasteiger partial charge on any atom is -0.337 e. The molecule has 0 spiro atoms. The zero-order chi connectivity index (χ0) is 9.42. The van der Waals surface area contributed by atoms with Gasteiger partial charge in [0, 0.05) is 18.8 Å². The van der Waals surface area contributed by atoms with E-state index in [4.69, 9.17) is 0 Å². The van der Waals surface area contributed by atoms with Crippen LogP contribution in [0.25, 0.3) is 0 Å². The first-order valence-corrected chi connectivity index (χ1v) is 4.47. The first-order valence-electron chi connectivity index (χ1n) is 4.47. The van der Waals surface area contributed by atoms with Gasteiger partial charge in [-0.2, -0.15) is 5.10 Å². The standard InChI is InChI=1S/C9H13N3O/c1-6-5-8(11-10-6)9(13)12(2)7-3-4-7/h5,7H,3-4H2,1-2H3,(H,10,11). The molecule has 0 unspecified atom stereocenters. The highest BCUT2D eigenvalue weighted by Gasteiger charge is 2.30.